The lowest BCUT2D eigenvalue weighted by Crippen LogP contribution is -2.42. The Kier molecular flexibility index (Phi) is 4.02. The van der Waals surface area contributed by atoms with Gasteiger partial charge in [-0.25, -0.2) is 0 Å². The quantitative estimate of drug-likeness (QED) is 0.918. The highest BCUT2D eigenvalue weighted by molar-refractivity contribution is 5.45. The van der Waals surface area contributed by atoms with E-state index in [2.05, 4.69) is 9.88 Å². The Balaban J connectivity index is 1.77. The third-order valence-corrected chi connectivity index (χ3v) is 4.35. The minimum absolute atomic E-state index is 0.335. The first-order valence-electron chi connectivity index (χ1n) is 7.44. The van der Waals surface area contributed by atoms with Crippen LogP contribution in [0.25, 0.3) is 0 Å². The molecule has 0 atom stereocenters. The molecule has 1 aliphatic heterocycles. The van der Waals surface area contributed by atoms with Crippen LogP contribution >= 0.6 is 0 Å². The summed E-state index contributed by atoms with van der Waals surface area (Å²) in [5.41, 5.74) is -0.599. The lowest BCUT2D eigenvalue weighted by Gasteiger charge is -2.39. The molecule has 122 valence electrons. The molecule has 3 nitrogen and oxygen atoms in total. The van der Waals surface area contributed by atoms with Crippen molar-refractivity contribution in [1.29, 1.82) is 0 Å². The normalized spacial score (nSPS) is 18.0. The summed E-state index contributed by atoms with van der Waals surface area (Å²) >= 11 is 0. The molecule has 1 N–H and O–H groups in total. The Hall–Kier alpha value is -2.08. The van der Waals surface area contributed by atoms with Crippen molar-refractivity contribution in [3.8, 4) is 0 Å². The van der Waals surface area contributed by atoms with Crippen LogP contribution in [0.1, 0.15) is 24.0 Å². The van der Waals surface area contributed by atoms with Gasteiger partial charge in [-0.05, 0) is 42.7 Å². The number of hydrogen-bond donors (Lipinski definition) is 1. The average molecular weight is 322 g/mol. The van der Waals surface area contributed by atoms with Gasteiger partial charge in [0, 0.05) is 31.2 Å². The molecule has 0 amide bonds. The van der Waals surface area contributed by atoms with Crippen LogP contribution in [0.5, 0.6) is 0 Å². The van der Waals surface area contributed by atoms with E-state index in [1.54, 1.807) is 18.5 Å². The van der Waals surface area contributed by atoms with Crippen LogP contribution in [0.4, 0.5) is 18.9 Å². The van der Waals surface area contributed by atoms with Gasteiger partial charge in [0.1, 0.15) is 0 Å². The van der Waals surface area contributed by atoms with Gasteiger partial charge in [-0.2, -0.15) is 13.2 Å². The molecular weight excluding hydrogens is 305 g/mol. The van der Waals surface area contributed by atoms with Crippen molar-refractivity contribution in [3.05, 3.63) is 59.9 Å². The molecule has 0 aliphatic carbocycles. The van der Waals surface area contributed by atoms with Crippen molar-refractivity contribution in [2.24, 2.45) is 0 Å². The fourth-order valence-electron chi connectivity index (χ4n) is 2.96. The number of benzene rings is 1. The summed E-state index contributed by atoms with van der Waals surface area (Å²) in [5.74, 6) is 0. The standard InChI is InChI=1S/C17H17F3N2O/c18-17(19,20)14-3-1-2-13(12-14)16(23)6-10-22(11-7-16)15-4-8-21-9-5-15/h1-5,8-9,12,23H,6-7,10-11H2. The maximum atomic E-state index is 12.8. The number of nitrogens with zero attached hydrogens (tertiary/aromatic N) is 2. The van der Waals surface area contributed by atoms with Crippen LogP contribution in [0.15, 0.2) is 48.8 Å². The number of piperidine rings is 1. The Bertz CT molecular complexity index is 665. The molecule has 1 saturated heterocycles. The SMILES string of the molecule is OC1(c2cccc(C(F)(F)F)c2)CCN(c2ccncc2)CC1. The van der Waals surface area contributed by atoms with Crippen molar-refractivity contribution in [3.63, 3.8) is 0 Å². The van der Waals surface area contributed by atoms with Crippen LogP contribution in [0.2, 0.25) is 0 Å². The monoisotopic (exact) mass is 322 g/mol. The highest BCUT2D eigenvalue weighted by Crippen LogP contribution is 2.37. The topological polar surface area (TPSA) is 36.4 Å². The predicted molar refractivity (Wildman–Crippen MR) is 81.0 cm³/mol. The summed E-state index contributed by atoms with van der Waals surface area (Å²) in [6, 6.07) is 8.77. The van der Waals surface area contributed by atoms with E-state index < -0.39 is 17.3 Å². The van der Waals surface area contributed by atoms with Crippen molar-refractivity contribution < 1.29 is 18.3 Å². The zero-order chi connectivity index (χ0) is 16.5. The summed E-state index contributed by atoms with van der Waals surface area (Å²) in [5, 5.41) is 10.8. The number of anilines is 1. The molecule has 1 fully saturated rings. The zero-order valence-electron chi connectivity index (χ0n) is 12.4. The number of halogens is 3. The minimum Gasteiger partial charge on any atom is -0.385 e. The number of aromatic nitrogens is 1. The van der Waals surface area contributed by atoms with Gasteiger partial charge in [0.2, 0.25) is 0 Å². The van der Waals surface area contributed by atoms with Gasteiger partial charge in [0.25, 0.3) is 0 Å². The van der Waals surface area contributed by atoms with Gasteiger partial charge in [0.05, 0.1) is 11.2 Å². The van der Waals surface area contributed by atoms with Gasteiger partial charge < -0.3 is 10.0 Å². The van der Waals surface area contributed by atoms with Crippen molar-refractivity contribution >= 4 is 5.69 Å². The molecular formula is C17H17F3N2O. The number of alkyl halides is 3. The maximum Gasteiger partial charge on any atom is 0.416 e. The molecule has 6 heteroatoms. The van der Waals surface area contributed by atoms with E-state index in [0.717, 1.165) is 17.8 Å². The second kappa shape index (κ2) is 5.85. The molecule has 2 heterocycles. The molecule has 1 aliphatic rings. The van der Waals surface area contributed by atoms with Crippen LogP contribution in [0, 0.1) is 0 Å². The highest BCUT2D eigenvalue weighted by atomic mass is 19.4. The molecule has 0 spiro atoms. The van der Waals surface area contributed by atoms with Gasteiger partial charge in [0.15, 0.2) is 0 Å². The largest absolute Gasteiger partial charge is 0.416 e. The molecule has 0 unspecified atom stereocenters. The Morgan fingerprint density at radius 1 is 1.04 bits per heavy atom. The first-order valence-corrected chi connectivity index (χ1v) is 7.44. The predicted octanol–water partition coefficient (Wildman–Crippen LogP) is 3.59. The van der Waals surface area contributed by atoms with E-state index in [-0.39, 0.29) is 0 Å². The van der Waals surface area contributed by atoms with E-state index in [9.17, 15) is 18.3 Å². The maximum absolute atomic E-state index is 12.8. The molecule has 2 aromatic rings. The molecule has 23 heavy (non-hydrogen) atoms. The van der Waals surface area contributed by atoms with Crippen molar-refractivity contribution in [2.75, 3.05) is 18.0 Å². The first-order chi connectivity index (χ1) is 10.9. The highest BCUT2D eigenvalue weighted by Gasteiger charge is 2.37. The zero-order valence-corrected chi connectivity index (χ0v) is 12.4. The summed E-state index contributed by atoms with van der Waals surface area (Å²) < 4.78 is 38.5. The second-order valence-electron chi connectivity index (χ2n) is 5.80. The van der Waals surface area contributed by atoms with Gasteiger partial charge in [-0.15, -0.1) is 0 Å². The number of aliphatic hydroxyl groups is 1. The van der Waals surface area contributed by atoms with E-state index in [4.69, 9.17) is 0 Å². The molecule has 1 aromatic heterocycles. The number of rotatable bonds is 2. The van der Waals surface area contributed by atoms with E-state index in [1.165, 1.54) is 6.07 Å². The lowest BCUT2D eigenvalue weighted by molar-refractivity contribution is -0.137. The molecule has 0 saturated carbocycles. The molecule has 0 radical (unpaired) electrons. The molecule has 1 aromatic carbocycles. The Morgan fingerprint density at radius 3 is 2.30 bits per heavy atom. The Morgan fingerprint density at radius 2 is 1.70 bits per heavy atom. The van der Waals surface area contributed by atoms with Gasteiger partial charge in [-0.3, -0.25) is 4.98 Å². The average Bonchev–Trinajstić information content (AvgIpc) is 2.56. The van der Waals surface area contributed by atoms with Gasteiger partial charge in [-0.1, -0.05) is 12.1 Å². The third-order valence-electron chi connectivity index (χ3n) is 4.35. The fraction of sp³-hybridized carbons (Fsp3) is 0.353. The van der Waals surface area contributed by atoms with Gasteiger partial charge >= 0.3 is 6.18 Å². The van der Waals surface area contributed by atoms with E-state index in [0.29, 0.717) is 31.5 Å². The lowest BCUT2D eigenvalue weighted by atomic mass is 9.83. The van der Waals surface area contributed by atoms with Crippen LogP contribution in [0.3, 0.4) is 0 Å². The number of hydrogen-bond acceptors (Lipinski definition) is 3. The second-order valence-corrected chi connectivity index (χ2v) is 5.80. The fourth-order valence-corrected chi connectivity index (χ4v) is 2.96. The first kappa shape index (κ1) is 15.8. The van der Waals surface area contributed by atoms with E-state index >= 15 is 0 Å². The minimum atomic E-state index is -4.40. The van der Waals surface area contributed by atoms with Crippen LogP contribution in [-0.2, 0) is 11.8 Å². The van der Waals surface area contributed by atoms with Crippen LogP contribution < -0.4 is 4.90 Å². The summed E-state index contributed by atoms with van der Waals surface area (Å²) in [7, 11) is 0. The Labute approximate surface area is 132 Å². The summed E-state index contributed by atoms with van der Waals surface area (Å²) in [4.78, 5) is 6.07. The third kappa shape index (κ3) is 3.32. The van der Waals surface area contributed by atoms with Crippen molar-refractivity contribution in [1.82, 2.24) is 4.98 Å². The molecule has 3 rings (SSSR count). The molecule has 0 bridgehead atoms. The summed E-state index contributed by atoms with van der Waals surface area (Å²) in [6.07, 6.45) is -0.233. The summed E-state index contributed by atoms with van der Waals surface area (Å²) in [6.45, 7) is 1.16. The smallest absolute Gasteiger partial charge is 0.385 e. The van der Waals surface area contributed by atoms with Crippen LogP contribution in [-0.4, -0.2) is 23.2 Å². The van der Waals surface area contributed by atoms with E-state index in [1.807, 2.05) is 12.1 Å². The van der Waals surface area contributed by atoms with Crippen molar-refractivity contribution in [2.45, 2.75) is 24.6 Å². The number of pyridine rings is 1.